The van der Waals surface area contributed by atoms with Crippen molar-refractivity contribution in [3.8, 4) is 68.2 Å². The molecule has 0 saturated carbocycles. The second-order valence-electron chi connectivity index (χ2n) is 15.6. The van der Waals surface area contributed by atoms with E-state index in [1.165, 1.54) is 32.7 Å². The number of hydrogen-bond donors (Lipinski definition) is 0. The van der Waals surface area contributed by atoms with Crippen LogP contribution in [0.5, 0.6) is 0 Å². The minimum atomic E-state index is 0.649. The van der Waals surface area contributed by atoms with Crippen LogP contribution in [0.2, 0.25) is 0 Å². The molecule has 12 rings (SSSR count). The highest BCUT2D eigenvalue weighted by Gasteiger charge is 2.18. The molecule has 0 radical (unpaired) electrons. The lowest BCUT2D eigenvalue weighted by Crippen LogP contribution is -2.00. The predicted octanol–water partition coefficient (Wildman–Crippen LogP) is 14.1. The molecule has 0 aliphatic heterocycles. The van der Waals surface area contributed by atoms with Crippen molar-refractivity contribution in [2.75, 3.05) is 0 Å². The normalized spacial score (nSPS) is 11.6. The van der Waals surface area contributed by atoms with Gasteiger partial charge in [0, 0.05) is 33.2 Å². The van der Waals surface area contributed by atoms with Gasteiger partial charge < -0.3 is 4.57 Å². The van der Waals surface area contributed by atoms with Gasteiger partial charge in [-0.25, -0.2) is 15.0 Å². The molecular weight excluding hydrogens is 743 g/mol. The number of aromatic nitrogens is 4. The molecule has 0 atom stereocenters. The largest absolute Gasteiger partial charge is 0.309 e. The SMILES string of the molecule is N#Cc1ccc2c3ccc(-c4ccc(-c5cc6ccc7cc(-c8nc(-c9ccccc9)nc(-c9ccccc9)n8)cc8ccc(c5)c6c78)cc4)cc3n(-c3ccccc3)c2c1. The number of benzene rings is 10. The molecule has 0 aliphatic rings. The van der Waals surface area contributed by atoms with Gasteiger partial charge >= 0.3 is 0 Å². The fourth-order valence-corrected chi connectivity index (χ4v) is 9.05. The number of nitrogens with zero attached hydrogens (tertiary/aromatic N) is 5. The first-order valence-corrected chi connectivity index (χ1v) is 20.4. The molecule has 2 heterocycles. The minimum absolute atomic E-state index is 0.649. The summed E-state index contributed by atoms with van der Waals surface area (Å²) in [7, 11) is 0. The molecule has 0 spiro atoms. The molecule has 0 bridgehead atoms. The zero-order valence-corrected chi connectivity index (χ0v) is 32.8. The average Bonchev–Trinajstić information content (AvgIpc) is 3.66. The second kappa shape index (κ2) is 13.8. The Hall–Kier alpha value is -8.46. The summed E-state index contributed by atoms with van der Waals surface area (Å²) < 4.78 is 2.27. The van der Waals surface area contributed by atoms with Crippen LogP contribution < -0.4 is 0 Å². The van der Waals surface area contributed by atoms with E-state index in [2.05, 4.69) is 132 Å². The minimum Gasteiger partial charge on any atom is -0.309 e. The van der Waals surface area contributed by atoms with Crippen molar-refractivity contribution in [2.45, 2.75) is 0 Å². The third-order valence-electron chi connectivity index (χ3n) is 12.0. The highest BCUT2D eigenvalue weighted by molar-refractivity contribution is 6.24. The maximum absolute atomic E-state index is 9.70. The smallest absolute Gasteiger partial charge is 0.164 e. The molecule has 0 aliphatic carbocycles. The molecule has 12 aromatic rings. The van der Waals surface area contributed by atoms with Gasteiger partial charge in [-0.15, -0.1) is 0 Å². The van der Waals surface area contributed by atoms with Crippen LogP contribution in [-0.4, -0.2) is 19.5 Å². The Morgan fingerprint density at radius 2 is 0.770 bits per heavy atom. The Labute approximate surface area is 351 Å². The van der Waals surface area contributed by atoms with Gasteiger partial charge in [-0.1, -0.05) is 146 Å². The lowest BCUT2D eigenvalue weighted by Gasteiger charge is -2.15. The molecule has 61 heavy (non-hydrogen) atoms. The fraction of sp³-hybridized carbons (Fsp3) is 0. The summed E-state index contributed by atoms with van der Waals surface area (Å²) in [5.41, 5.74) is 11.3. The maximum atomic E-state index is 9.70. The van der Waals surface area contributed by atoms with Crippen molar-refractivity contribution in [1.82, 2.24) is 19.5 Å². The van der Waals surface area contributed by atoms with Gasteiger partial charge in [0.25, 0.3) is 0 Å². The van der Waals surface area contributed by atoms with E-state index in [0.29, 0.717) is 23.0 Å². The average molecular weight is 776 g/mol. The molecule has 5 nitrogen and oxygen atoms in total. The molecule has 0 unspecified atom stereocenters. The first kappa shape index (κ1) is 34.6. The third-order valence-corrected chi connectivity index (χ3v) is 12.0. The maximum Gasteiger partial charge on any atom is 0.164 e. The summed E-state index contributed by atoms with van der Waals surface area (Å²) in [6.07, 6.45) is 0. The first-order valence-electron chi connectivity index (χ1n) is 20.4. The van der Waals surface area contributed by atoms with Crippen molar-refractivity contribution in [2.24, 2.45) is 0 Å². The summed E-state index contributed by atoms with van der Waals surface area (Å²) in [6, 6.07) is 72.4. The topological polar surface area (TPSA) is 67.4 Å². The van der Waals surface area contributed by atoms with Gasteiger partial charge in [-0.05, 0) is 109 Å². The van der Waals surface area contributed by atoms with Crippen LogP contribution in [0.3, 0.4) is 0 Å². The molecule has 10 aromatic carbocycles. The van der Waals surface area contributed by atoms with Gasteiger partial charge in [-0.3, -0.25) is 0 Å². The molecule has 0 amide bonds. The van der Waals surface area contributed by atoms with Crippen molar-refractivity contribution in [1.29, 1.82) is 5.26 Å². The van der Waals surface area contributed by atoms with E-state index in [4.69, 9.17) is 15.0 Å². The zero-order valence-electron chi connectivity index (χ0n) is 32.8. The van der Waals surface area contributed by atoms with E-state index in [9.17, 15) is 5.26 Å². The van der Waals surface area contributed by atoms with E-state index < -0.39 is 0 Å². The highest BCUT2D eigenvalue weighted by Crippen LogP contribution is 2.41. The summed E-state index contributed by atoms with van der Waals surface area (Å²) in [4.78, 5) is 14.9. The highest BCUT2D eigenvalue weighted by atomic mass is 15.0. The van der Waals surface area contributed by atoms with Crippen molar-refractivity contribution < 1.29 is 0 Å². The van der Waals surface area contributed by atoms with E-state index in [0.717, 1.165) is 66.1 Å². The second-order valence-corrected chi connectivity index (χ2v) is 15.6. The van der Waals surface area contributed by atoms with Crippen LogP contribution in [0.25, 0.3) is 116 Å². The molecule has 0 saturated heterocycles. The summed E-state index contributed by atoms with van der Waals surface area (Å²) >= 11 is 0. The van der Waals surface area contributed by atoms with Crippen LogP contribution in [0.4, 0.5) is 0 Å². The lowest BCUT2D eigenvalue weighted by atomic mass is 9.90. The van der Waals surface area contributed by atoms with Gasteiger partial charge in [-0.2, -0.15) is 5.26 Å². The van der Waals surface area contributed by atoms with E-state index >= 15 is 0 Å². The molecular formula is C56H33N5. The number of fused-ring (bicyclic) bond motifs is 3. The van der Waals surface area contributed by atoms with E-state index in [1.54, 1.807) is 0 Å². The Bertz CT molecular complexity index is 3560. The van der Waals surface area contributed by atoms with Crippen LogP contribution in [0.15, 0.2) is 200 Å². The van der Waals surface area contributed by atoms with Crippen LogP contribution in [0, 0.1) is 11.3 Å². The first-order chi connectivity index (χ1) is 30.1. The van der Waals surface area contributed by atoms with E-state index in [1.807, 2.05) is 78.9 Å². The standard InChI is InChI=1S/C56H33N5/c57-34-35-16-26-48-49-27-25-40(33-51(49)61(50(48)28-35)47-14-8-3-9-15-47)36-17-19-37(20-18-36)45-29-41-21-23-43-31-46(32-44-24-22-42(30-45)52(41)53(43)44)56-59-54(38-10-4-1-5-11-38)58-55(60-56)39-12-6-2-7-13-39/h1-33H. The quantitative estimate of drug-likeness (QED) is 0.158. The van der Waals surface area contributed by atoms with Crippen molar-refractivity contribution >= 4 is 54.1 Å². The van der Waals surface area contributed by atoms with Crippen LogP contribution in [0.1, 0.15) is 5.56 Å². The van der Waals surface area contributed by atoms with Crippen molar-refractivity contribution in [3.63, 3.8) is 0 Å². The Kier molecular flexibility index (Phi) is 7.84. The Balaban J connectivity index is 0.915. The van der Waals surface area contributed by atoms with Gasteiger partial charge in [0.05, 0.1) is 22.7 Å². The summed E-state index contributed by atoms with van der Waals surface area (Å²) in [6.45, 7) is 0. The summed E-state index contributed by atoms with van der Waals surface area (Å²) in [5, 5.41) is 19.2. The monoisotopic (exact) mass is 775 g/mol. The van der Waals surface area contributed by atoms with Gasteiger partial charge in [0.1, 0.15) is 0 Å². The van der Waals surface area contributed by atoms with Gasteiger partial charge in [0.2, 0.25) is 0 Å². The predicted molar refractivity (Wildman–Crippen MR) is 250 cm³/mol. The number of rotatable bonds is 6. The number of para-hydroxylation sites is 1. The fourth-order valence-electron chi connectivity index (χ4n) is 9.05. The third kappa shape index (κ3) is 5.81. The van der Waals surface area contributed by atoms with E-state index in [-0.39, 0.29) is 0 Å². The molecule has 0 fully saturated rings. The number of hydrogen-bond acceptors (Lipinski definition) is 4. The van der Waals surface area contributed by atoms with Crippen LogP contribution >= 0.6 is 0 Å². The zero-order chi connectivity index (χ0) is 40.4. The molecule has 0 N–H and O–H groups in total. The Morgan fingerprint density at radius 1 is 0.344 bits per heavy atom. The lowest BCUT2D eigenvalue weighted by molar-refractivity contribution is 1.07. The Morgan fingerprint density at radius 3 is 1.30 bits per heavy atom. The number of nitriles is 1. The van der Waals surface area contributed by atoms with Gasteiger partial charge in [0.15, 0.2) is 17.5 Å². The van der Waals surface area contributed by atoms with Crippen LogP contribution in [-0.2, 0) is 0 Å². The molecule has 2 aromatic heterocycles. The molecule has 282 valence electrons. The molecule has 5 heteroatoms. The van der Waals surface area contributed by atoms with Crippen molar-refractivity contribution in [3.05, 3.63) is 206 Å². The summed E-state index contributed by atoms with van der Waals surface area (Å²) in [5.74, 6) is 1.95.